The van der Waals surface area contributed by atoms with Gasteiger partial charge in [-0.25, -0.2) is 9.97 Å². The third kappa shape index (κ3) is 3.29. The first-order valence-corrected chi connectivity index (χ1v) is 5.82. The zero-order chi connectivity index (χ0) is 14.5. The predicted octanol–water partition coefficient (Wildman–Crippen LogP) is 1.27. The first-order chi connectivity index (χ1) is 9.56. The van der Waals surface area contributed by atoms with E-state index in [0.717, 1.165) is 0 Å². The molecule has 0 bridgehead atoms. The Bertz CT molecular complexity index is 657. The molecule has 1 aromatic carbocycles. The predicted molar refractivity (Wildman–Crippen MR) is 75.1 cm³/mol. The average molecular weight is 271 g/mol. The van der Waals surface area contributed by atoms with Gasteiger partial charge in [0, 0.05) is 30.7 Å². The minimum Gasteiger partial charge on any atom is -0.382 e. The molecule has 20 heavy (non-hydrogen) atoms. The first-order valence-electron chi connectivity index (χ1n) is 5.82. The summed E-state index contributed by atoms with van der Waals surface area (Å²) in [6.45, 7) is 1.41. The van der Waals surface area contributed by atoms with Crippen LogP contribution in [0.15, 0.2) is 36.7 Å². The van der Waals surface area contributed by atoms with Crippen molar-refractivity contribution in [1.29, 1.82) is 0 Å². The summed E-state index contributed by atoms with van der Waals surface area (Å²) in [7, 11) is 0. The van der Waals surface area contributed by atoms with E-state index in [-0.39, 0.29) is 17.4 Å². The largest absolute Gasteiger partial charge is 0.382 e. The quantitative estimate of drug-likeness (QED) is 0.778. The Kier molecular flexibility index (Phi) is 3.90. The van der Waals surface area contributed by atoms with Gasteiger partial charge in [0.1, 0.15) is 0 Å². The number of aromatic nitrogens is 2. The third-order valence-corrected chi connectivity index (χ3v) is 2.38. The zero-order valence-electron chi connectivity index (χ0n) is 10.8. The molecule has 0 aliphatic heterocycles. The molecule has 2 amide bonds. The van der Waals surface area contributed by atoms with E-state index in [2.05, 4.69) is 20.6 Å². The molecule has 0 aliphatic carbocycles. The van der Waals surface area contributed by atoms with Gasteiger partial charge in [0.05, 0.1) is 0 Å². The van der Waals surface area contributed by atoms with Crippen molar-refractivity contribution in [2.75, 3.05) is 16.4 Å². The number of nitrogens with zero attached hydrogens (tertiary/aromatic N) is 2. The lowest BCUT2D eigenvalue weighted by atomic mass is 10.2. The minimum absolute atomic E-state index is 0.0532. The standard InChI is InChI=1S/C13H13N5O2/c1-8(19)17-9-3-2-4-10(7-9)18-13(20)11-12(14)16-6-5-15-11/h2-7H,1H3,(H2,14,16)(H,17,19)(H,18,20). The number of hydrogen-bond acceptors (Lipinski definition) is 5. The van der Waals surface area contributed by atoms with Crippen molar-refractivity contribution in [3.63, 3.8) is 0 Å². The van der Waals surface area contributed by atoms with Crippen molar-refractivity contribution in [1.82, 2.24) is 9.97 Å². The monoisotopic (exact) mass is 271 g/mol. The van der Waals surface area contributed by atoms with Crippen LogP contribution in [0.4, 0.5) is 17.2 Å². The molecule has 1 aromatic heterocycles. The van der Waals surface area contributed by atoms with Gasteiger partial charge in [-0.05, 0) is 18.2 Å². The second kappa shape index (κ2) is 5.79. The van der Waals surface area contributed by atoms with Gasteiger partial charge >= 0.3 is 0 Å². The number of nitrogens with two attached hydrogens (primary N) is 1. The van der Waals surface area contributed by atoms with E-state index in [1.807, 2.05) is 0 Å². The Labute approximate surface area is 115 Å². The Balaban J connectivity index is 2.16. The molecule has 0 unspecified atom stereocenters. The fraction of sp³-hybridized carbons (Fsp3) is 0.0769. The van der Waals surface area contributed by atoms with E-state index in [4.69, 9.17) is 5.73 Å². The van der Waals surface area contributed by atoms with E-state index in [9.17, 15) is 9.59 Å². The van der Waals surface area contributed by atoms with E-state index >= 15 is 0 Å². The molecule has 0 saturated carbocycles. The lowest BCUT2D eigenvalue weighted by Crippen LogP contribution is -2.16. The summed E-state index contributed by atoms with van der Waals surface area (Å²) < 4.78 is 0. The minimum atomic E-state index is -0.462. The molecule has 0 radical (unpaired) electrons. The number of nitrogens with one attached hydrogen (secondary N) is 2. The summed E-state index contributed by atoms with van der Waals surface area (Å²) in [5.74, 6) is -0.592. The van der Waals surface area contributed by atoms with Crippen LogP contribution in [0.25, 0.3) is 0 Å². The SMILES string of the molecule is CC(=O)Nc1cccc(NC(=O)c2nccnc2N)c1. The van der Waals surface area contributed by atoms with Gasteiger partial charge in [0.2, 0.25) is 5.91 Å². The van der Waals surface area contributed by atoms with Crippen LogP contribution < -0.4 is 16.4 Å². The van der Waals surface area contributed by atoms with Crippen molar-refractivity contribution in [2.45, 2.75) is 6.92 Å². The maximum Gasteiger partial charge on any atom is 0.278 e. The van der Waals surface area contributed by atoms with E-state index in [1.54, 1.807) is 24.3 Å². The van der Waals surface area contributed by atoms with Crippen molar-refractivity contribution in [2.24, 2.45) is 0 Å². The fourth-order valence-corrected chi connectivity index (χ4v) is 1.59. The Morgan fingerprint density at radius 2 is 1.75 bits per heavy atom. The summed E-state index contributed by atoms with van der Waals surface area (Å²) in [5.41, 5.74) is 6.74. The van der Waals surface area contributed by atoms with Crippen molar-refractivity contribution >= 4 is 29.0 Å². The highest BCUT2D eigenvalue weighted by Crippen LogP contribution is 2.16. The number of carbonyl (C=O) groups excluding carboxylic acids is 2. The van der Waals surface area contributed by atoms with Crippen LogP contribution >= 0.6 is 0 Å². The number of amides is 2. The Morgan fingerprint density at radius 3 is 2.40 bits per heavy atom. The summed E-state index contributed by atoms with van der Waals surface area (Å²) >= 11 is 0. The molecular formula is C13H13N5O2. The highest BCUT2D eigenvalue weighted by atomic mass is 16.2. The van der Waals surface area contributed by atoms with Crippen LogP contribution in [0.3, 0.4) is 0 Å². The molecule has 0 saturated heterocycles. The van der Waals surface area contributed by atoms with Gasteiger partial charge in [0.15, 0.2) is 11.5 Å². The van der Waals surface area contributed by atoms with Crippen LogP contribution in [0.1, 0.15) is 17.4 Å². The molecular weight excluding hydrogens is 258 g/mol. The number of hydrogen-bond donors (Lipinski definition) is 3. The van der Waals surface area contributed by atoms with Crippen molar-refractivity contribution < 1.29 is 9.59 Å². The summed E-state index contributed by atoms with van der Waals surface area (Å²) in [4.78, 5) is 30.6. The second-order valence-corrected chi connectivity index (χ2v) is 4.01. The lowest BCUT2D eigenvalue weighted by Gasteiger charge is -2.08. The number of carbonyl (C=O) groups is 2. The Hall–Kier alpha value is -2.96. The van der Waals surface area contributed by atoms with Gasteiger partial charge in [-0.2, -0.15) is 0 Å². The second-order valence-electron chi connectivity index (χ2n) is 4.01. The molecule has 2 rings (SSSR count). The van der Waals surface area contributed by atoms with Gasteiger partial charge < -0.3 is 16.4 Å². The zero-order valence-corrected chi connectivity index (χ0v) is 10.8. The van der Waals surface area contributed by atoms with Crippen LogP contribution in [0.5, 0.6) is 0 Å². The normalized spacial score (nSPS) is 9.85. The van der Waals surface area contributed by atoms with Crippen molar-refractivity contribution in [3.8, 4) is 0 Å². The van der Waals surface area contributed by atoms with Gasteiger partial charge in [-0.3, -0.25) is 9.59 Å². The van der Waals surface area contributed by atoms with Gasteiger partial charge in [-0.15, -0.1) is 0 Å². The maximum atomic E-state index is 12.0. The van der Waals surface area contributed by atoms with E-state index in [0.29, 0.717) is 11.4 Å². The Morgan fingerprint density at radius 1 is 1.10 bits per heavy atom. The molecule has 102 valence electrons. The highest BCUT2D eigenvalue weighted by molar-refractivity contribution is 6.05. The topological polar surface area (TPSA) is 110 Å². The molecule has 0 atom stereocenters. The number of benzene rings is 1. The molecule has 4 N–H and O–H groups in total. The lowest BCUT2D eigenvalue weighted by molar-refractivity contribution is -0.114. The summed E-state index contributed by atoms with van der Waals surface area (Å²) in [5, 5.41) is 5.27. The molecule has 0 fully saturated rings. The summed E-state index contributed by atoms with van der Waals surface area (Å²) in [6, 6.07) is 6.75. The van der Waals surface area contributed by atoms with Crippen molar-refractivity contribution in [3.05, 3.63) is 42.4 Å². The summed E-state index contributed by atoms with van der Waals surface area (Å²) in [6.07, 6.45) is 2.79. The van der Waals surface area contributed by atoms with E-state index < -0.39 is 5.91 Å². The fourth-order valence-electron chi connectivity index (χ4n) is 1.59. The number of anilines is 3. The third-order valence-electron chi connectivity index (χ3n) is 2.38. The van der Waals surface area contributed by atoms with Gasteiger partial charge in [-0.1, -0.05) is 6.07 Å². The molecule has 1 heterocycles. The first kappa shape index (κ1) is 13.5. The maximum absolute atomic E-state index is 12.0. The van der Waals surface area contributed by atoms with Crippen LogP contribution in [0, 0.1) is 0 Å². The van der Waals surface area contributed by atoms with Crippen LogP contribution in [-0.2, 0) is 4.79 Å². The average Bonchev–Trinajstić information content (AvgIpc) is 2.38. The smallest absolute Gasteiger partial charge is 0.278 e. The number of rotatable bonds is 3. The molecule has 7 heteroatoms. The number of nitrogen functional groups attached to an aromatic ring is 1. The molecule has 0 aliphatic rings. The molecule has 0 spiro atoms. The van der Waals surface area contributed by atoms with E-state index in [1.165, 1.54) is 19.3 Å². The van der Waals surface area contributed by atoms with Gasteiger partial charge in [0.25, 0.3) is 5.91 Å². The van der Waals surface area contributed by atoms with Crippen LogP contribution in [0.2, 0.25) is 0 Å². The van der Waals surface area contributed by atoms with Crippen LogP contribution in [-0.4, -0.2) is 21.8 Å². The molecule has 7 nitrogen and oxygen atoms in total. The highest BCUT2D eigenvalue weighted by Gasteiger charge is 2.12. The molecule has 2 aromatic rings.